The fourth-order valence-corrected chi connectivity index (χ4v) is 2.25. The molecule has 1 aromatic heterocycles. The van der Waals surface area contributed by atoms with Crippen molar-refractivity contribution < 1.29 is 9.53 Å². The van der Waals surface area contributed by atoms with E-state index in [4.69, 9.17) is 4.74 Å². The molecule has 7 nitrogen and oxygen atoms in total. The number of amides is 2. The van der Waals surface area contributed by atoms with Crippen molar-refractivity contribution in [2.24, 2.45) is 7.05 Å². The lowest BCUT2D eigenvalue weighted by atomic mass is 10.1. The molecule has 2 N–H and O–H groups in total. The van der Waals surface area contributed by atoms with Crippen LogP contribution < -0.4 is 10.6 Å². The van der Waals surface area contributed by atoms with Crippen molar-refractivity contribution in [1.29, 1.82) is 0 Å². The van der Waals surface area contributed by atoms with Crippen LogP contribution in [0, 0.1) is 0 Å². The third-order valence-corrected chi connectivity index (χ3v) is 3.50. The number of hydrogen-bond acceptors (Lipinski definition) is 4. The second-order valence-electron chi connectivity index (χ2n) is 5.25. The van der Waals surface area contributed by atoms with Crippen molar-refractivity contribution in [2.75, 3.05) is 6.61 Å². The van der Waals surface area contributed by atoms with E-state index in [0.717, 1.165) is 11.1 Å². The van der Waals surface area contributed by atoms with Crippen molar-refractivity contribution in [3.63, 3.8) is 0 Å². The Balaban J connectivity index is 1.88. The van der Waals surface area contributed by atoms with Crippen LogP contribution in [0.2, 0.25) is 0 Å². The molecule has 1 heterocycles. The van der Waals surface area contributed by atoms with Gasteiger partial charge in [0.2, 0.25) is 0 Å². The zero-order valence-electron chi connectivity index (χ0n) is 13.7. The second kappa shape index (κ2) is 8.28. The van der Waals surface area contributed by atoms with Gasteiger partial charge in [-0.1, -0.05) is 24.3 Å². The Morgan fingerprint density at radius 3 is 2.74 bits per heavy atom. The Kier molecular flexibility index (Phi) is 6.10. The summed E-state index contributed by atoms with van der Waals surface area (Å²) in [7, 11) is 1.84. The first-order chi connectivity index (χ1) is 11.1. The largest absolute Gasteiger partial charge is 0.377 e. The van der Waals surface area contributed by atoms with Crippen LogP contribution in [0.5, 0.6) is 0 Å². The lowest BCUT2D eigenvalue weighted by molar-refractivity contribution is 0.133. The maximum atomic E-state index is 12.0. The molecule has 1 aromatic carbocycles. The summed E-state index contributed by atoms with van der Waals surface area (Å²) in [6.45, 7) is 5.48. The normalized spacial score (nSPS) is 12.0. The number of aromatic nitrogens is 3. The molecular formula is C16H23N5O2. The lowest BCUT2D eigenvalue weighted by Crippen LogP contribution is -2.37. The highest BCUT2D eigenvalue weighted by atomic mass is 16.5. The predicted molar refractivity (Wildman–Crippen MR) is 86.6 cm³/mol. The van der Waals surface area contributed by atoms with Gasteiger partial charge in [0.05, 0.1) is 12.6 Å². The topological polar surface area (TPSA) is 81.1 Å². The number of rotatable bonds is 7. The molecule has 0 radical (unpaired) electrons. The van der Waals surface area contributed by atoms with Crippen molar-refractivity contribution >= 4 is 6.03 Å². The minimum absolute atomic E-state index is 0.221. The number of benzene rings is 1. The summed E-state index contributed by atoms with van der Waals surface area (Å²) in [4.78, 5) is 12.0. The van der Waals surface area contributed by atoms with Crippen molar-refractivity contribution in [1.82, 2.24) is 25.4 Å². The molecule has 0 saturated heterocycles. The second-order valence-corrected chi connectivity index (χ2v) is 5.25. The monoisotopic (exact) mass is 317 g/mol. The van der Waals surface area contributed by atoms with Crippen molar-refractivity contribution in [2.45, 2.75) is 33.0 Å². The summed E-state index contributed by atoms with van der Waals surface area (Å²) in [5, 5.41) is 13.5. The van der Waals surface area contributed by atoms with E-state index in [9.17, 15) is 4.79 Å². The lowest BCUT2D eigenvalue weighted by Gasteiger charge is -2.15. The average molecular weight is 317 g/mol. The van der Waals surface area contributed by atoms with E-state index in [1.807, 2.05) is 45.2 Å². The summed E-state index contributed by atoms with van der Waals surface area (Å²) < 4.78 is 7.23. The fraction of sp³-hybridized carbons (Fsp3) is 0.438. The minimum Gasteiger partial charge on any atom is -0.377 e. The molecule has 0 aliphatic heterocycles. The van der Waals surface area contributed by atoms with Gasteiger partial charge < -0.3 is 19.9 Å². The Morgan fingerprint density at radius 1 is 1.35 bits per heavy atom. The highest BCUT2D eigenvalue weighted by Gasteiger charge is 2.14. The predicted octanol–water partition coefficient (Wildman–Crippen LogP) is 1.91. The molecule has 1 atom stereocenters. The molecule has 2 aromatic rings. The maximum absolute atomic E-state index is 12.0. The smallest absolute Gasteiger partial charge is 0.315 e. The van der Waals surface area contributed by atoms with Crippen LogP contribution >= 0.6 is 0 Å². The zero-order valence-corrected chi connectivity index (χ0v) is 13.7. The first-order valence-corrected chi connectivity index (χ1v) is 7.64. The minimum atomic E-state index is -0.244. The van der Waals surface area contributed by atoms with Crippen LogP contribution in [-0.2, 0) is 24.9 Å². The summed E-state index contributed by atoms with van der Waals surface area (Å²) in [5.74, 6) is 0.705. The van der Waals surface area contributed by atoms with Crippen molar-refractivity contribution in [3.05, 3.63) is 47.5 Å². The zero-order chi connectivity index (χ0) is 16.7. The molecule has 0 saturated carbocycles. The molecule has 23 heavy (non-hydrogen) atoms. The summed E-state index contributed by atoms with van der Waals surface area (Å²) in [6.07, 6.45) is 1.61. The SMILES string of the molecule is CCOCc1ccccc1CNC(=O)NC(C)c1nncn1C. The van der Waals surface area contributed by atoms with Crippen LogP contribution in [0.4, 0.5) is 4.79 Å². The molecule has 0 bridgehead atoms. The number of urea groups is 1. The molecule has 2 amide bonds. The first-order valence-electron chi connectivity index (χ1n) is 7.64. The van der Waals surface area contributed by atoms with E-state index < -0.39 is 0 Å². The Hall–Kier alpha value is -2.41. The number of carbonyl (C=O) groups excluding carboxylic acids is 1. The average Bonchev–Trinajstić information content (AvgIpc) is 2.98. The fourth-order valence-electron chi connectivity index (χ4n) is 2.25. The number of aryl methyl sites for hydroxylation is 1. The van der Waals surface area contributed by atoms with Crippen molar-refractivity contribution in [3.8, 4) is 0 Å². The number of nitrogens with zero attached hydrogens (tertiary/aromatic N) is 3. The maximum Gasteiger partial charge on any atom is 0.315 e. The van der Waals surface area contributed by atoms with E-state index in [1.54, 1.807) is 10.9 Å². The number of nitrogens with one attached hydrogen (secondary N) is 2. The molecule has 1 unspecified atom stereocenters. The van der Waals surface area contributed by atoms with Gasteiger partial charge in [0.1, 0.15) is 6.33 Å². The Morgan fingerprint density at radius 2 is 2.09 bits per heavy atom. The molecule has 0 spiro atoms. The third-order valence-electron chi connectivity index (χ3n) is 3.50. The van der Waals surface area contributed by atoms with Gasteiger partial charge in [-0.3, -0.25) is 0 Å². The molecule has 124 valence electrons. The standard InChI is InChI=1S/C16H23N5O2/c1-4-23-10-14-8-6-5-7-13(14)9-17-16(22)19-12(2)15-20-18-11-21(15)3/h5-8,11-12H,4,9-10H2,1-3H3,(H2,17,19,22). The highest BCUT2D eigenvalue weighted by Crippen LogP contribution is 2.10. The number of hydrogen-bond donors (Lipinski definition) is 2. The van der Waals surface area contributed by atoms with Gasteiger partial charge in [-0.2, -0.15) is 0 Å². The van der Waals surface area contributed by atoms with E-state index in [2.05, 4.69) is 20.8 Å². The summed E-state index contributed by atoms with van der Waals surface area (Å²) in [6, 6.07) is 7.45. The van der Waals surface area contributed by atoms with E-state index in [1.165, 1.54) is 0 Å². The quantitative estimate of drug-likeness (QED) is 0.817. The van der Waals surface area contributed by atoms with Gasteiger partial charge >= 0.3 is 6.03 Å². The van der Waals surface area contributed by atoms with Gasteiger partial charge in [0.25, 0.3) is 0 Å². The first kappa shape index (κ1) is 17.0. The van der Waals surface area contributed by atoms with Crippen LogP contribution in [0.25, 0.3) is 0 Å². The van der Waals surface area contributed by atoms with Crippen LogP contribution in [0.1, 0.15) is 36.8 Å². The van der Waals surface area contributed by atoms with Crippen LogP contribution in [-0.4, -0.2) is 27.4 Å². The van der Waals surface area contributed by atoms with Gasteiger partial charge in [0.15, 0.2) is 5.82 Å². The van der Waals surface area contributed by atoms with Gasteiger partial charge in [-0.05, 0) is 25.0 Å². The van der Waals surface area contributed by atoms with E-state index in [0.29, 0.717) is 25.6 Å². The summed E-state index contributed by atoms with van der Waals surface area (Å²) in [5.41, 5.74) is 2.12. The Labute approximate surface area is 136 Å². The number of carbonyl (C=O) groups is 1. The van der Waals surface area contributed by atoms with Crippen LogP contribution in [0.3, 0.4) is 0 Å². The van der Waals surface area contributed by atoms with Gasteiger partial charge in [-0.25, -0.2) is 4.79 Å². The van der Waals surface area contributed by atoms with Gasteiger partial charge in [0, 0.05) is 20.2 Å². The molecular weight excluding hydrogens is 294 g/mol. The van der Waals surface area contributed by atoms with E-state index >= 15 is 0 Å². The molecule has 0 aliphatic carbocycles. The third kappa shape index (κ3) is 4.79. The molecule has 7 heteroatoms. The molecule has 0 fully saturated rings. The number of ether oxygens (including phenoxy) is 1. The molecule has 0 aliphatic rings. The molecule has 2 rings (SSSR count). The van der Waals surface area contributed by atoms with Crippen LogP contribution in [0.15, 0.2) is 30.6 Å². The summed E-state index contributed by atoms with van der Waals surface area (Å²) >= 11 is 0. The Bertz CT molecular complexity index is 641. The highest BCUT2D eigenvalue weighted by molar-refractivity contribution is 5.74. The van der Waals surface area contributed by atoms with E-state index in [-0.39, 0.29) is 12.1 Å². The van der Waals surface area contributed by atoms with Gasteiger partial charge in [-0.15, -0.1) is 10.2 Å².